The first-order valence-electron chi connectivity index (χ1n) is 7.42. The Kier molecular flexibility index (Phi) is 4.26. The molecule has 1 saturated carbocycles. The molecule has 0 spiro atoms. The van der Waals surface area contributed by atoms with E-state index in [1.165, 1.54) is 25.7 Å². The van der Waals surface area contributed by atoms with Gasteiger partial charge >= 0.3 is 0 Å². The van der Waals surface area contributed by atoms with Crippen LogP contribution in [-0.4, -0.2) is 30.1 Å². The van der Waals surface area contributed by atoms with Crippen molar-refractivity contribution in [3.63, 3.8) is 0 Å². The first kappa shape index (κ1) is 13.9. The molecule has 1 atom stereocenters. The predicted molar refractivity (Wildman–Crippen MR) is 80.6 cm³/mol. The van der Waals surface area contributed by atoms with Crippen LogP contribution in [0.5, 0.6) is 0 Å². The van der Waals surface area contributed by atoms with Crippen LogP contribution < -0.4 is 5.32 Å². The lowest BCUT2D eigenvalue weighted by Crippen LogP contribution is -2.38. The number of halogens is 1. The maximum Gasteiger partial charge on any atom is 0.0992 e. The molecule has 1 aromatic carbocycles. The molecule has 1 unspecified atom stereocenters. The highest BCUT2D eigenvalue weighted by Gasteiger charge is 2.31. The highest BCUT2D eigenvalue weighted by Crippen LogP contribution is 2.30. The largest absolute Gasteiger partial charge is 0.313 e. The molecular formula is C16H20ClN3. The number of nitriles is 1. The van der Waals surface area contributed by atoms with Crippen molar-refractivity contribution in [3.05, 3.63) is 34.3 Å². The van der Waals surface area contributed by atoms with Gasteiger partial charge in [-0.05, 0) is 49.9 Å². The normalized spacial score (nSPS) is 22.1. The fraction of sp³-hybridized carbons (Fsp3) is 0.562. The van der Waals surface area contributed by atoms with E-state index in [2.05, 4.69) is 16.3 Å². The summed E-state index contributed by atoms with van der Waals surface area (Å²) in [6.07, 6.45) is 5.19. The van der Waals surface area contributed by atoms with E-state index in [0.29, 0.717) is 16.6 Å². The van der Waals surface area contributed by atoms with E-state index in [4.69, 9.17) is 16.9 Å². The monoisotopic (exact) mass is 289 g/mol. The summed E-state index contributed by atoms with van der Waals surface area (Å²) in [5, 5.41) is 13.2. The van der Waals surface area contributed by atoms with Gasteiger partial charge in [-0.2, -0.15) is 5.26 Å². The SMILES string of the molecule is N#Cc1ccc(CN(CC2CCCN2)C2CC2)c(Cl)c1. The average Bonchev–Trinajstić information content (AvgIpc) is 3.18. The van der Waals surface area contributed by atoms with Crippen LogP contribution in [-0.2, 0) is 6.54 Å². The topological polar surface area (TPSA) is 39.1 Å². The maximum absolute atomic E-state index is 8.90. The number of nitrogens with zero attached hydrogens (tertiary/aromatic N) is 2. The molecule has 1 saturated heterocycles. The zero-order valence-corrected chi connectivity index (χ0v) is 12.4. The molecule has 0 radical (unpaired) electrons. The first-order chi connectivity index (χ1) is 9.76. The molecule has 106 valence electrons. The van der Waals surface area contributed by atoms with Gasteiger partial charge in [0.15, 0.2) is 0 Å². The van der Waals surface area contributed by atoms with Gasteiger partial charge in [0.1, 0.15) is 0 Å². The minimum atomic E-state index is 0.632. The van der Waals surface area contributed by atoms with Crippen LogP contribution in [0.15, 0.2) is 18.2 Å². The fourth-order valence-electron chi connectivity index (χ4n) is 2.94. The van der Waals surface area contributed by atoms with Crippen molar-refractivity contribution >= 4 is 11.6 Å². The molecule has 1 aliphatic carbocycles. The lowest BCUT2D eigenvalue weighted by atomic mass is 10.1. The van der Waals surface area contributed by atoms with E-state index in [1.54, 1.807) is 6.07 Å². The predicted octanol–water partition coefficient (Wildman–Crippen LogP) is 2.93. The standard InChI is InChI=1S/C16H20ClN3/c17-16-8-12(9-18)3-4-13(16)10-20(15-5-6-15)11-14-2-1-7-19-14/h3-4,8,14-15,19H,1-2,5-7,10-11H2. The average molecular weight is 290 g/mol. The van der Waals surface area contributed by atoms with Gasteiger partial charge in [-0.15, -0.1) is 0 Å². The zero-order valence-electron chi connectivity index (χ0n) is 11.6. The molecule has 0 aromatic heterocycles. The minimum Gasteiger partial charge on any atom is -0.313 e. The van der Waals surface area contributed by atoms with Gasteiger partial charge in [-0.3, -0.25) is 4.90 Å². The van der Waals surface area contributed by atoms with Gasteiger partial charge in [-0.25, -0.2) is 0 Å². The van der Waals surface area contributed by atoms with Crippen molar-refractivity contribution in [2.75, 3.05) is 13.1 Å². The summed E-state index contributed by atoms with van der Waals surface area (Å²) in [6, 6.07) is 9.13. The Bertz CT molecular complexity index is 513. The van der Waals surface area contributed by atoms with E-state index >= 15 is 0 Å². The third-order valence-electron chi connectivity index (χ3n) is 4.24. The molecule has 2 aliphatic rings. The van der Waals surface area contributed by atoms with Crippen LogP contribution in [0.4, 0.5) is 0 Å². The summed E-state index contributed by atoms with van der Waals surface area (Å²) in [7, 11) is 0. The Hall–Kier alpha value is -1.08. The summed E-state index contributed by atoms with van der Waals surface area (Å²) in [5.41, 5.74) is 1.77. The molecular weight excluding hydrogens is 270 g/mol. The summed E-state index contributed by atoms with van der Waals surface area (Å²) >= 11 is 6.30. The molecule has 2 fully saturated rings. The molecule has 1 heterocycles. The second kappa shape index (κ2) is 6.13. The first-order valence-corrected chi connectivity index (χ1v) is 7.80. The van der Waals surface area contributed by atoms with Crippen molar-refractivity contribution < 1.29 is 0 Å². The summed E-state index contributed by atoms with van der Waals surface area (Å²) in [6.45, 7) is 3.16. The Labute approximate surface area is 125 Å². The highest BCUT2D eigenvalue weighted by molar-refractivity contribution is 6.31. The van der Waals surface area contributed by atoms with E-state index < -0.39 is 0 Å². The maximum atomic E-state index is 8.90. The van der Waals surface area contributed by atoms with Crippen molar-refractivity contribution in [1.29, 1.82) is 5.26 Å². The Balaban J connectivity index is 1.68. The minimum absolute atomic E-state index is 0.632. The molecule has 1 aromatic rings. The number of nitrogens with one attached hydrogen (secondary N) is 1. The van der Waals surface area contributed by atoms with E-state index in [9.17, 15) is 0 Å². The van der Waals surface area contributed by atoms with Gasteiger partial charge in [0, 0.05) is 30.2 Å². The van der Waals surface area contributed by atoms with Gasteiger partial charge in [0.2, 0.25) is 0 Å². The van der Waals surface area contributed by atoms with Gasteiger partial charge in [0.25, 0.3) is 0 Å². The summed E-state index contributed by atoms with van der Waals surface area (Å²) in [5.74, 6) is 0. The number of rotatable bonds is 5. The van der Waals surface area contributed by atoms with Crippen LogP contribution in [0.2, 0.25) is 5.02 Å². The molecule has 0 amide bonds. The molecule has 4 heteroatoms. The smallest absolute Gasteiger partial charge is 0.0992 e. The number of hydrogen-bond donors (Lipinski definition) is 1. The highest BCUT2D eigenvalue weighted by atomic mass is 35.5. The molecule has 20 heavy (non-hydrogen) atoms. The molecule has 1 aliphatic heterocycles. The summed E-state index contributed by atoms with van der Waals surface area (Å²) < 4.78 is 0. The third-order valence-corrected chi connectivity index (χ3v) is 4.59. The Morgan fingerprint density at radius 1 is 1.35 bits per heavy atom. The van der Waals surface area contributed by atoms with Gasteiger partial charge < -0.3 is 5.32 Å². The van der Waals surface area contributed by atoms with E-state index in [-0.39, 0.29) is 0 Å². The van der Waals surface area contributed by atoms with Crippen molar-refractivity contribution in [2.45, 2.75) is 44.3 Å². The van der Waals surface area contributed by atoms with Crippen LogP contribution in [0.25, 0.3) is 0 Å². The van der Waals surface area contributed by atoms with E-state index in [1.807, 2.05) is 12.1 Å². The second-order valence-electron chi connectivity index (χ2n) is 5.87. The summed E-state index contributed by atoms with van der Waals surface area (Å²) in [4.78, 5) is 2.55. The molecule has 3 nitrogen and oxygen atoms in total. The lowest BCUT2D eigenvalue weighted by molar-refractivity contribution is 0.231. The third kappa shape index (κ3) is 3.32. The van der Waals surface area contributed by atoms with Crippen molar-refractivity contribution in [1.82, 2.24) is 10.2 Å². The van der Waals surface area contributed by atoms with Crippen LogP contribution in [0, 0.1) is 11.3 Å². The van der Waals surface area contributed by atoms with E-state index in [0.717, 1.165) is 31.2 Å². The number of hydrogen-bond acceptors (Lipinski definition) is 3. The Morgan fingerprint density at radius 2 is 2.20 bits per heavy atom. The van der Waals surface area contributed by atoms with Crippen molar-refractivity contribution in [2.24, 2.45) is 0 Å². The van der Waals surface area contributed by atoms with Gasteiger partial charge in [0.05, 0.1) is 11.6 Å². The number of benzene rings is 1. The molecule has 0 bridgehead atoms. The van der Waals surface area contributed by atoms with Crippen LogP contribution in [0.3, 0.4) is 0 Å². The fourth-order valence-corrected chi connectivity index (χ4v) is 3.18. The van der Waals surface area contributed by atoms with Crippen LogP contribution >= 0.6 is 11.6 Å². The molecule has 3 rings (SSSR count). The molecule has 1 N–H and O–H groups in total. The second-order valence-corrected chi connectivity index (χ2v) is 6.28. The zero-order chi connectivity index (χ0) is 13.9. The Morgan fingerprint density at radius 3 is 2.80 bits per heavy atom. The van der Waals surface area contributed by atoms with Crippen molar-refractivity contribution in [3.8, 4) is 6.07 Å². The quantitative estimate of drug-likeness (QED) is 0.906. The van der Waals surface area contributed by atoms with Gasteiger partial charge in [-0.1, -0.05) is 17.7 Å². The van der Waals surface area contributed by atoms with Crippen LogP contribution in [0.1, 0.15) is 36.8 Å². The lowest BCUT2D eigenvalue weighted by Gasteiger charge is -2.26.